The fourth-order valence-electron chi connectivity index (χ4n) is 3.40. The van der Waals surface area contributed by atoms with E-state index in [1.165, 1.54) is 13.3 Å². The molecule has 0 spiro atoms. The third-order valence-corrected chi connectivity index (χ3v) is 4.81. The predicted octanol–water partition coefficient (Wildman–Crippen LogP) is 0.312. The Bertz CT molecular complexity index is 785. The van der Waals surface area contributed by atoms with Gasteiger partial charge in [-0.3, -0.25) is 9.78 Å². The summed E-state index contributed by atoms with van der Waals surface area (Å²) in [6, 6.07) is 3.45. The fraction of sp³-hybridized carbons (Fsp3) is 0.471. The molecule has 4 N–H and O–H groups in total. The standard InChI is InChI=1S/C17H22FN5O2/c1-25-15-3-2-14-16(22-15)11(13(18)7-21-14)4-5-23-8-10(6-19)12(9-23)17(20)24/h2-3,7,10,12H,4-6,8-9,19H2,1H3,(H2,20,24)/t10-,12+/m1/s1. The van der Waals surface area contributed by atoms with E-state index in [0.29, 0.717) is 55.1 Å². The number of primary amides is 1. The van der Waals surface area contributed by atoms with Crippen molar-refractivity contribution in [3.63, 3.8) is 0 Å². The first kappa shape index (κ1) is 17.5. The van der Waals surface area contributed by atoms with Crippen LogP contribution < -0.4 is 16.2 Å². The highest BCUT2D eigenvalue weighted by Gasteiger charge is 2.35. The highest BCUT2D eigenvalue weighted by molar-refractivity contribution is 5.78. The molecule has 0 radical (unpaired) electrons. The Balaban J connectivity index is 1.79. The number of nitrogens with zero attached hydrogens (tertiary/aromatic N) is 3. The van der Waals surface area contributed by atoms with Crippen molar-refractivity contribution in [1.29, 1.82) is 0 Å². The molecule has 7 nitrogen and oxygen atoms in total. The van der Waals surface area contributed by atoms with Crippen molar-refractivity contribution in [1.82, 2.24) is 14.9 Å². The Morgan fingerprint density at radius 3 is 2.88 bits per heavy atom. The van der Waals surface area contributed by atoms with Crippen LogP contribution in [0.2, 0.25) is 0 Å². The minimum atomic E-state index is -0.394. The summed E-state index contributed by atoms with van der Waals surface area (Å²) in [6.45, 7) is 2.24. The van der Waals surface area contributed by atoms with Gasteiger partial charge in [-0.05, 0) is 24.9 Å². The maximum absolute atomic E-state index is 14.3. The summed E-state index contributed by atoms with van der Waals surface area (Å²) >= 11 is 0. The Morgan fingerprint density at radius 2 is 2.24 bits per heavy atom. The molecule has 2 aromatic rings. The average molecular weight is 347 g/mol. The number of ether oxygens (including phenoxy) is 1. The van der Waals surface area contributed by atoms with Crippen LogP contribution in [0.3, 0.4) is 0 Å². The summed E-state index contributed by atoms with van der Waals surface area (Å²) in [5, 5.41) is 0. The molecule has 0 bridgehead atoms. The number of carbonyl (C=O) groups is 1. The largest absolute Gasteiger partial charge is 0.481 e. The van der Waals surface area contributed by atoms with Crippen LogP contribution in [0.5, 0.6) is 5.88 Å². The number of carbonyl (C=O) groups excluding carboxylic acids is 1. The highest BCUT2D eigenvalue weighted by atomic mass is 19.1. The lowest BCUT2D eigenvalue weighted by molar-refractivity contribution is -0.122. The van der Waals surface area contributed by atoms with E-state index in [1.807, 2.05) is 0 Å². The van der Waals surface area contributed by atoms with E-state index in [0.717, 1.165) is 0 Å². The van der Waals surface area contributed by atoms with Crippen LogP contribution in [0.15, 0.2) is 18.3 Å². The topological polar surface area (TPSA) is 107 Å². The van der Waals surface area contributed by atoms with Crippen LogP contribution in [0.1, 0.15) is 5.56 Å². The van der Waals surface area contributed by atoms with E-state index in [1.54, 1.807) is 12.1 Å². The van der Waals surface area contributed by atoms with Gasteiger partial charge in [0.15, 0.2) is 0 Å². The van der Waals surface area contributed by atoms with Crippen molar-refractivity contribution < 1.29 is 13.9 Å². The lowest BCUT2D eigenvalue weighted by atomic mass is 9.96. The number of pyridine rings is 2. The Labute approximate surface area is 145 Å². The van der Waals surface area contributed by atoms with E-state index < -0.39 is 5.82 Å². The van der Waals surface area contributed by atoms with Gasteiger partial charge in [-0.1, -0.05) is 0 Å². The Kier molecular flexibility index (Phi) is 5.10. The molecule has 0 aromatic carbocycles. The van der Waals surface area contributed by atoms with E-state index >= 15 is 0 Å². The van der Waals surface area contributed by atoms with Crippen molar-refractivity contribution in [2.75, 3.05) is 33.3 Å². The number of nitrogens with two attached hydrogens (primary N) is 2. The summed E-state index contributed by atoms with van der Waals surface area (Å²) in [5.41, 5.74) is 12.8. The van der Waals surface area contributed by atoms with Crippen LogP contribution in [0.4, 0.5) is 4.39 Å². The summed E-state index contributed by atoms with van der Waals surface area (Å²) in [6.07, 6.45) is 1.67. The Hall–Kier alpha value is -2.32. The van der Waals surface area contributed by atoms with E-state index in [-0.39, 0.29) is 17.7 Å². The van der Waals surface area contributed by atoms with Crippen LogP contribution in [-0.4, -0.2) is 54.1 Å². The zero-order valence-corrected chi connectivity index (χ0v) is 14.1. The van der Waals surface area contributed by atoms with Crippen LogP contribution >= 0.6 is 0 Å². The molecule has 0 aliphatic carbocycles. The van der Waals surface area contributed by atoms with Crippen molar-refractivity contribution >= 4 is 16.9 Å². The van der Waals surface area contributed by atoms with Gasteiger partial charge in [-0.25, -0.2) is 9.37 Å². The van der Waals surface area contributed by atoms with E-state index in [4.69, 9.17) is 16.2 Å². The molecule has 8 heteroatoms. The first-order chi connectivity index (χ1) is 12.0. The number of fused-ring (bicyclic) bond motifs is 1. The zero-order valence-electron chi connectivity index (χ0n) is 14.1. The SMILES string of the molecule is COc1ccc2ncc(F)c(CCN3C[C@@H](CN)[C@@H](C(N)=O)C3)c2n1. The fourth-order valence-corrected chi connectivity index (χ4v) is 3.40. The molecule has 1 saturated heterocycles. The van der Waals surface area contributed by atoms with Gasteiger partial charge < -0.3 is 21.1 Å². The second kappa shape index (κ2) is 7.28. The van der Waals surface area contributed by atoms with Gasteiger partial charge in [0, 0.05) is 31.3 Å². The number of hydrogen-bond donors (Lipinski definition) is 2. The number of methoxy groups -OCH3 is 1. The number of aromatic nitrogens is 2. The molecule has 0 unspecified atom stereocenters. The molecule has 3 heterocycles. The maximum Gasteiger partial charge on any atom is 0.222 e. The Morgan fingerprint density at radius 1 is 1.44 bits per heavy atom. The average Bonchev–Trinajstić information content (AvgIpc) is 3.04. The van der Waals surface area contributed by atoms with Crippen molar-refractivity contribution in [2.45, 2.75) is 6.42 Å². The van der Waals surface area contributed by atoms with Gasteiger partial charge in [0.05, 0.1) is 30.3 Å². The molecule has 2 atom stereocenters. The third kappa shape index (κ3) is 3.54. The number of rotatable bonds is 6. The molecule has 25 heavy (non-hydrogen) atoms. The summed E-state index contributed by atoms with van der Waals surface area (Å²) < 4.78 is 19.4. The maximum atomic E-state index is 14.3. The van der Waals surface area contributed by atoms with E-state index in [9.17, 15) is 9.18 Å². The molecule has 1 amide bonds. The van der Waals surface area contributed by atoms with E-state index in [2.05, 4.69) is 14.9 Å². The smallest absolute Gasteiger partial charge is 0.222 e. The molecular formula is C17H22FN5O2. The molecule has 1 aliphatic heterocycles. The first-order valence-corrected chi connectivity index (χ1v) is 8.23. The number of likely N-dealkylation sites (tertiary alicyclic amines) is 1. The lowest BCUT2D eigenvalue weighted by Gasteiger charge is -2.16. The van der Waals surface area contributed by atoms with Gasteiger partial charge in [-0.15, -0.1) is 0 Å². The molecule has 0 saturated carbocycles. The monoisotopic (exact) mass is 347 g/mol. The van der Waals surface area contributed by atoms with Gasteiger partial charge >= 0.3 is 0 Å². The number of halogens is 1. The molecule has 134 valence electrons. The molecular weight excluding hydrogens is 325 g/mol. The first-order valence-electron chi connectivity index (χ1n) is 8.23. The van der Waals surface area contributed by atoms with Gasteiger partial charge in [0.1, 0.15) is 5.82 Å². The van der Waals surface area contributed by atoms with Gasteiger partial charge in [-0.2, -0.15) is 0 Å². The summed E-state index contributed by atoms with van der Waals surface area (Å²) in [4.78, 5) is 22.0. The van der Waals surface area contributed by atoms with Crippen molar-refractivity contribution in [2.24, 2.45) is 23.3 Å². The van der Waals surface area contributed by atoms with Crippen molar-refractivity contribution in [3.05, 3.63) is 29.7 Å². The number of amides is 1. The summed E-state index contributed by atoms with van der Waals surface area (Å²) in [7, 11) is 1.52. The lowest BCUT2D eigenvalue weighted by Crippen LogP contribution is -2.33. The zero-order chi connectivity index (χ0) is 18.0. The normalized spacial score (nSPS) is 20.9. The minimum absolute atomic E-state index is 0.0507. The summed E-state index contributed by atoms with van der Waals surface area (Å²) in [5.74, 6) is -0.504. The minimum Gasteiger partial charge on any atom is -0.481 e. The molecule has 1 fully saturated rings. The predicted molar refractivity (Wildman–Crippen MR) is 91.4 cm³/mol. The molecule has 1 aliphatic rings. The van der Waals surface area contributed by atoms with Crippen LogP contribution in [0.25, 0.3) is 11.0 Å². The third-order valence-electron chi connectivity index (χ3n) is 4.81. The van der Waals surface area contributed by atoms with Crippen LogP contribution in [0, 0.1) is 17.7 Å². The second-order valence-corrected chi connectivity index (χ2v) is 6.32. The quantitative estimate of drug-likeness (QED) is 0.779. The highest BCUT2D eigenvalue weighted by Crippen LogP contribution is 2.25. The van der Waals surface area contributed by atoms with Crippen LogP contribution in [-0.2, 0) is 11.2 Å². The van der Waals surface area contributed by atoms with Crippen molar-refractivity contribution in [3.8, 4) is 5.88 Å². The second-order valence-electron chi connectivity index (χ2n) is 6.32. The van der Waals surface area contributed by atoms with Gasteiger partial charge in [0.25, 0.3) is 0 Å². The molecule has 2 aromatic heterocycles. The number of hydrogen-bond acceptors (Lipinski definition) is 6. The molecule has 3 rings (SSSR count). The van der Waals surface area contributed by atoms with Gasteiger partial charge in [0.2, 0.25) is 11.8 Å².